The predicted octanol–water partition coefficient (Wildman–Crippen LogP) is 4.91. The van der Waals surface area contributed by atoms with E-state index < -0.39 is 0 Å². The summed E-state index contributed by atoms with van der Waals surface area (Å²) < 4.78 is 0. The van der Waals surface area contributed by atoms with Crippen molar-refractivity contribution in [2.24, 2.45) is 0 Å². The quantitative estimate of drug-likeness (QED) is 0.465. The van der Waals surface area contributed by atoms with Crippen molar-refractivity contribution in [1.82, 2.24) is 0 Å². The summed E-state index contributed by atoms with van der Waals surface area (Å²) in [4.78, 5) is 0. The monoisotopic (exact) mass is 292 g/mol. The van der Waals surface area contributed by atoms with E-state index in [0.29, 0.717) is 0 Å². The first-order valence-corrected chi connectivity index (χ1v) is 7.70. The maximum absolute atomic E-state index is 5.74. The third-order valence-electron chi connectivity index (χ3n) is 4.03. The summed E-state index contributed by atoms with van der Waals surface area (Å²) in [5, 5.41) is 4.70. The summed E-state index contributed by atoms with van der Waals surface area (Å²) >= 11 is 0. The van der Waals surface area contributed by atoms with Crippen LogP contribution in [0.5, 0.6) is 0 Å². The zero-order chi connectivity index (χ0) is 16.2. The standard InChI is InChI=1S/C23H16/c1-4-7-11-18-13-9-15-20-16-19-14-8-12-17(6-3)22(19)21(10-5-2)23(18)20/h1,3,8-9,12-16H,5,10H2,2H3. The molecular weight excluding hydrogens is 276 g/mol. The van der Waals surface area contributed by atoms with E-state index in [9.17, 15) is 0 Å². The van der Waals surface area contributed by atoms with Crippen molar-refractivity contribution in [2.45, 2.75) is 19.8 Å². The van der Waals surface area contributed by atoms with Crippen LogP contribution in [0.15, 0.2) is 42.5 Å². The Morgan fingerprint density at radius 2 is 1.57 bits per heavy atom. The lowest BCUT2D eigenvalue weighted by molar-refractivity contribution is 0.936. The maximum Gasteiger partial charge on any atom is 0.0337 e. The molecule has 0 fully saturated rings. The van der Waals surface area contributed by atoms with Gasteiger partial charge >= 0.3 is 0 Å². The summed E-state index contributed by atoms with van der Waals surface area (Å²) in [5.41, 5.74) is 3.18. The van der Waals surface area contributed by atoms with E-state index >= 15 is 0 Å². The van der Waals surface area contributed by atoms with Crippen LogP contribution in [0.25, 0.3) is 21.5 Å². The van der Waals surface area contributed by atoms with E-state index in [0.717, 1.165) is 24.0 Å². The van der Waals surface area contributed by atoms with Crippen molar-refractivity contribution in [3.05, 3.63) is 59.2 Å². The highest BCUT2D eigenvalue weighted by molar-refractivity contribution is 6.06. The average Bonchev–Trinajstić information content (AvgIpc) is 2.59. The summed E-state index contributed by atoms with van der Waals surface area (Å²) in [7, 11) is 0. The third-order valence-corrected chi connectivity index (χ3v) is 4.03. The molecule has 0 spiro atoms. The molecule has 3 rings (SSSR count). The molecule has 0 nitrogen and oxygen atoms in total. The molecule has 0 aliphatic carbocycles. The Morgan fingerprint density at radius 3 is 2.17 bits per heavy atom. The fourth-order valence-electron chi connectivity index (χ4n) is 3.17. The van der Waals surface area contributed by atoms with Crippen molar-refractivity contribution in [2.75, 3.05) is 0 Å². The van der Waals surface area contributed by atoms with Gasteiger partial charge in [-0.1, -0.05) is 49.5 Å². The number of rotatable bonds is 2. The fraction of sp³-hybridized carbons (Fsp3) is 0.130. The molecule has 0 unspecified atom stereocenters. The van der Waals surface area contributed by atoms with Crippen LogP contribution >= 0.6 is 0 Å². The van der Waals surface area contributed by atoms with Crippen LogP contribution in [0.1, 0.15) is 30.0 Å². The lowest BCUT2D eigenvalue weighted by Crippen LogP contribution is -1.94. The largest absolute Gasteiger partial charge is 0.115 e. The molecular formula is C23H16. The van der Waals surface area contributed by atoms with Gasteiger partial charge in [0.25, 0.3) is 0 Å². The topological polar surface area (TPSA) is 0 Å². The highest BCUT2D eigenvalue weighted by Gasteiger charge is 2.12. The highest BCUT2D eigenvalue weighted by Crippen LogP contribution is 2.33. The van der Waals surface area contributed by atoms with Crippen molar-refractivity contribution < 1.29 is 0 Å². The van der Waals surface area contributed by atoms with E-state index in [1.165, 1.54) is 27.1 Å². The molecule has 0 aromatic heterocycles. The zero-order valence-electron chi connectivity index (χ0n) is 13.1. The van der Waals surface area contributed by atoms with Crippen LogP contribution in [-0.2, 0) is 6.42 Å². The number of hydrogen-bond acceptors (Lipinski definition) is 0. The van der Waals surface area contributed by atoms with E-state index in [2.05, 4.69) is 48.8 Å². The number of benzene rings is 3. The first-order chi connectivity index (χ1) is 11.3. The third kappa shape index (κ3) is 2.55. The van der Waals surface area contributed by atoms with Crippen molar-refractivity contribution in [1.29, 1.82) is 0 Å². The van der Waals surface area contributed by atoms with Gasteiger partial charge in [0.1, 0.15) is 0 Å². The van der Waals surface area contributed by atoms with Gasteiger partial charge in [-0.05, 0) is 52.8 Å². The lowest BCUT2D eigenvalue weighted by atomic mass is 9.89. The number of hydrogen-bond donors (Lipinski definition) is 0. The molecule has 3 aromatic rings. The molecule has 0 saturated heterocycles. The molecule has 108 valence electrons. The minimum Gasteiger partial charge on any atom is -0.115 e. The summed E-state index contributed by atoms with van der Waals surface area (Å²) in [5.74, 6) is 11.1. The van der Waals surface area contributed by atoms with Crippen LogP contribution in [0.4, 0.5) is 0 Å². The summed E-state index contributed by atoms with van der Waals surface area (Å²) in [6.45, 7) is 2.18. The Kier molecular flexibility index (Phi) is 4.06. The second-order valence-electron chi connectivity index (χ2n) is 5.45. The molecule has 0 amide bonds. The number of fused-ring (bicyclic) bond motifs is 2. The van der Waals surface area contributed by atoms with E-state index in [1.54, 1.807) is 0 Å². The first kappa shape index (κ1) is 14.8. The molecule has 0 heterocycles. The summed E-state index contributed by atoms with van der Waals surface area (Å²) in [6.07, 6.45) is 13.0. The fourth-order valence-corrected chi connectivity index (χ4v) is 3.17. The summed E-state index contributed by atoms with van der Waals surface area (Å²) in [6, 6.07) is 14.5. The Bertz CT molecular complexity index is 1040. The van der Waals surface area contributed by atoms with E-state index in [4.69, 9.17) is 12.8 Å². The van der Waals surface area contributed by atoms with E-state index in [-0.39, 0.29) is 0 Å². The lowest BCUT2D eigenvalue weighted by Gasteiger charge is -2.14. The molecule has 3 aromatic carbocycles. The van der Waals surface area contributed by atoms with Gasteiger partial charge in [-0.15, -0.1) is 12.8 Å². The van der Waals surface area contributed by atoms with Crippen LogP contribution < -0.4 is 0 Å². The van der Waals surface area contributed by atoms with Crippen LogP contribution in [-0.4, -0.2) is 0 Å². The van der Waals surface area contributed by atoms with Crippen LogP contribution in [0.2, 0.25) is 0 Å². The first-order valence-electron chi connectivity index (χ1n) is 7.70. The number of aryl methyl sites for hydroxylation is 1. The maximum atomic E-state index is 5.74. The SMILES string of the molecule is C#CC#Cc1cccc2cc3cccc(C#C)c3c(CCC)c12. The van der Waals surface area contributed by atoms with Gasteiger partial charge in [-0.25, -0.2) is 0 Å². The van der Waals surface area contributed by atoms with Crippen molar-refractivity contribution >= 4 is 21.5 Å². The minimum atomic E-state index is 0.938. The molecule has 0 radical (unpaired) electrons. The van der Waals surface area contributed by atoms with E-state index in [1.807, 2.05) is 24.3 Å². The molecule has 23 heavy (non-hydrogen) atoms. The second kappa shape index (κ2) is 6.32. The highest BCUT2D eigenvalue weighted by atomic mass is 14.1. The van der Waals surface area contributed by atoms with Gasteiger partial charge < -0.3 is 0 Å². The molecule has 0 N–H and O–H groups in total. The molecule has 0 heteroatoms. The normalized spacial score (nSPS) is 9.87. The van der Waals surface area contributed by atoms with Gasteiger partial charge in [-0.2, -0.15) is 0 Å². The molecule has 0 saturated carbocycles. The molecule has 0 bridgehead atoms. The molecule has 0 atom stereocenters. The average molecular weight is 292 g/mol. The predicted molar refractivity (Wildman–Crippen MR) is 99.1 cm³/mol. The second-order valence-corrected chi connectivity index (χ2v) is 5.45. The zero-order valence-corrected chi connectivity index (χ0v) is 13.1. The van der Waals surface area contributed by atoms with Crippen LogP contribution in [0.3, 0.4) is 0 Å². The van der Waals surface area contributed by atoms with Crippen molar-refractivity contribution in [3.63, 3.8) is 0 Å². The van der Waals surface area contributed by atoms with Gasteiger partial charge in [0.2, 0.25) is 0 Å². The Balaban J connectivity index is 2.55. The molecule has 0 aliphatic heterocycles. The molecule has 0 aliphatic rings. The number of terminal acetylenes is 2. The minimum absolute atomic E-state index is 0.938. The Hall–Kier alpha value is -3.14. The Morgan fingerprint density at radius 1 is 0.913 bits per heavy atom. The van der Waals surface area contributed by atoms with Gasteiger partial charge in [0, 0.05) is 21.9 Å². The van der Waals surface area contributed by atoms with Gasteiger partial charge in [0.15, 0.2) is 0 Å². The van der Waals surface area contributed by atoms with Crippen molar-refractivity contribution in [3.8, 4) is 36.5 Å². The van der Waals surface area contributed by atoms with Gasteiger partial charge in [0.05, 0.1) is 0 Å². The Labute approximate surface area is 137 Å². The van der Waals surface area contributed by atoms with Gasteiger partial charge in [-0.3, -0.25) is 0 Å². The van der Waals surface area contributed by atoms with Crippen LogP contribution in [0, 0.1) is 36.5 Å². The smallest absolute Gasteiger partial charge is 0.0337 e.